The zero-order valence-electron chi connectivity index (χ0n) is 15.8. The fourth-order valence-electron chi connectivity index (χ4n) is 2.72. The van der Waals surface area contributed by atoms with E-state index in [2.05, 4.69) is 5.32 Å². The van der Waals surface area contributed by atoms with Gasteiger partial charge in [0.25, 0.3) is 0 Å². The molecule has 0 aliphatic rings. The maximum Gasteiger partial charge on any atom is 0.317 e. The van der Waals surface area contributed by atoms with E-state index in [1.165, 1.54) is 18.1 Å². The molecule has 1 unspecified atom stereocenters. The van der Waals surface area contributed by atoms with Crippen LogP contribution in [0.5, 0.6) is 11.5 Å². The quantitative estimate of drug-likeness (QED) is 0.845. The van der Waals surface area contributed by atoms with Gasteiger partial charge in [-0.2, -0.15) is 0 Å². The number of carbonyl (C=O) groups is 1. The molecule has 0 aliphatic heterocycles. The Morgan fingerprint density at radius 1 is 1.15 bits per heavy atom. The fourth-order valence-corrected chi connectivity index (χ4v) is 2.72. The van der Waals surface area contributed by atoms with Crippen LogP contribution in [0.1, 0.15) is 29.7 Å². The Labute approximate surface area is 153 Å². The monoisotopic (exact) mass is 360 g/mol. The first kappa shape index (κ1) is 19.6. The van der Waals surface area contributed by atoms with E-state index < -0.39 is 5.82 Å². The summed E-state index contributed by atoms with van der Waals surface area (Å²) in [5, 5.41) is 2.94. The summed E-state index contributed by atoms with van der Waals surface area (Å²) in [6.45, 7) is 4.17. The van der Waals surface area contributed by atoms with E-state index in [4.69, 9.17) is 9.47 Å². The molecule has 0 saturated heterocycles. The summed E-state index contributed by atoms with van der Waals surface area (Å²) in [6, 6.07) is 10.0. The predicted octanol–water partition coefficient (Wildman–Crippen LogP) is 4.05. The van der Waals surface area contributed by atoms with Gasteiger partial charge in [-0.25, -0.2) is 9.18 Å². The van der Waals surface area contributed by atoms with Gasteiger partial charge in [0.05, 0.1) is 20.3 Å². The lowest BCUT2D eigenvalue weighted by Crippen LogP contribution is -2.38. The third kappa shape index (κ3) is 4.65. The number of hydrogen-bond donors (Lipinski definition) is 1. The number of ether oxygens (including phenoxy) is 2. The van der Waals surface area contributed by atoms with Gasteiger partial charge in [0.1, 0.15) is 5.75 Å². The molecule has 0 heterocycles. The van der Waals surface area contributed by atoms with Crippen molar-refractivity contribution >= 4 is 6.03 Å². The minimum Gasteiger partial charge on any atom is -0.496 e. The summed E-state index contributed by atoms with van der Waals surface area (Å²) in [4.78, 5) is 14.0. The lowest BCUT2D eigenvalue weighted by molar-refractivity contribution is 0.203. The number of carbonyl (C=O) groups excluding carboxylic acids is 1. The first-order valence-corrected chi connectivity index (χ1v) is 8.34. The summed E-state index contributed by atoms with van der Waals surface area (Å²) >= 11 is 0. The van der Waals surface area contributed by atoms with Crippen LogP contribution in [0.3, 0.4) is 0 Å². The molecule has 0 aromatic heterocycles. The highest BCUT2D eigenvalue weighted by Crippen LogP contribution is 2.26. The van der Waals surface area contributed by atoms with Crippen LogP contribution < -0.4 is 14.8 Å². The first-order chi connectivity index (χ1) is 12.3. The molecule has 1 atom stereocenters. The van der Waals surface area contributed by atoms with Crippen molar-refractivity contribution in [1.29, 1.82) is 0 Å². The average molecular weight is 360 g/mol. The zero-order chi connectivity index (χ0) is 19.3. The molecule has 2 rings (SSSR count). The lowest BCUT2D eigenvalue weighted by Gasteiger charge is -2.23. The van der Waals surface area contributed by atoms with Crippen LogP contribution in [0.2, 0.25) is 0 Å². The minimum atomic E-state index is -0.448. The van der Waals surface area contributed by atoms with Gasteiger partial charge < -0.3 is 19.7 Å². The Morgan fingerprint density at radius 2 is 1.81 bits per heavy atom. The topological polar surface area (TPSA) is 50.8 Å². The SMILES string of the molecule is COc1ccc(CN(C)C(=O)NC(C)c2cc(C)ccc2OC)cc1F. The number of nitrogens with one attached hydrogen (secondary N) is 1. The van der Waals surface area contributed by atoms with Crippen LogP contribution in [0, 0.1) is 12.7 Å². The van der Waals surface area contributed by atoms with Crippen molar-refractivity contribution in [2.24, 2.45) is 0 Å². The van der Waals surface area contributed by atoms with Crippen molar-refractivity contribution in [3.8, 4) is 11.5 Å². The summed E-state index contributed by atoms with van der Waals surface area (Å²) in [5.74, 6) is 0.459. The second-order valence-electron chi connectivity index (χ2n) is 6.24. The number of rotatable bonds is 6. The van der Waals surface area contributed by atoms with Gasteiger partial charge in [-0.3, -0.25) is 0 Å². The van der Waals surface area contributed by atoms with Gasteiger partial charge in [-0.1, -0.05) is 23.8 Å². The molecule has 2 amide bonds. The third-order valence-corrected chi connectivity index (χ3v) is 4.17. The molecule has 0 radical (unpaired) electrons. The standard InChI is InChI=1S/C20H25FN2O3/c1-13-6-8-18(25-4)16(10-13)14(2)22-20(24)23(3)12-15-7-9-19(26-5)17(21)11-15/h6-11,14H,12H2,1-5H3,(H,22,24). The fraction of sp³-hybridized carbons (Fsp3) is 0.350. The molecule has 0 spiro atoms. The highest BCUT2D eigenvalue weighted by molar-refractivity contribution is 5.74. The Bertz CT molecular complexity index is 780. The summed E-state index contributed by atoms with van der Waals surface area (Å²) in [6.07, 6.45) is 0. The van der Waals surface area contributed by atoms with Crippen molar-refractivity contribution < 1.29 is 18.7 Å². The molecular weight excluding hydrogens is 335 g/mol. The predicted molar refractivity (Wildman–Crippen MR) is 99.1 cm³/mol. The van der Waals surface area contributed by atoms with E-state index in [0.29, 0.717) is 5.56 Å². The zero-order valence-corrected chi connectivity index (χ0v) is 15.8. The Kier molecular flexibility index (Phi) is 6.44. The molecule has 0 bridgehead atoms. The largest absolute Gasteiger partial charge is 0.496 e. The molecule has 2 aromatic rings. The van der Waals surface area contributed by atoms with Crippen LogP contribution in [0.4, 0.5) is 9.18 Å². The normalized spacial score (nSPS) is 11.6. The van der Waals surface area contributed by atoms with E-state index in [1.54, 1.807) is 26.3 Å². The summed E-state index contributed by atoms with van der Waals surface area (Å²) in [7, 11) is 4.68. The molecule has 26 heavy (non-hydrogen) atoms. The van der Waals surface area contributed by atoms with E-state index in [9.17, 15) is 9.18 Å². The van der Waals surface area contributed by atoms with Crippen LogP contribution in [0.15, 0.2) is 36.4 Å². The van der Waals surface area contributed by atoms with Crippen LogP contribution in [-0.4, -0.2) is 32.2 Å². The van der Waals surface area contributed by atoms with Crippen molar-refractivity contribution in [3.63, 3.8) is 0 Å². The smallest absolute Gasteiger partial charge is 0.317 e. The van der Waals surface area contributed by atoms with Gasteiger partial charge in [0.2, 0.25) is 0 Å². The maximum atomic E-state index is 13.8. The molecule has 5 nitrogen and oxygen atoms in total. The molecule has 0 aliphatic carbocycles. The van der Waals surface area contributed by atoms with Crippen LogP contribution in [-0.2, 0) is 6.54 Å². The second kappa shape index (κ2) is 8.56. The Morgan fingerprint density at radius 3 is 2.42 bits per heavy atom. The summed E-state index contributed by atoms with van der Waals surface area (Å²) in [5.41, 5.74) is 2.68. The van der Waals surface area contributed by atoms with Crippen LogP contribution >= 0.6 is 0 Å². The molecule has 0 fully saturated rings. The number of urea groups is 1. The molecule has 6 heteroatoms. The third-order valence-electron chi connectivity index (χ3n) is 4.17. The van der Waals surface area contributed by atoms with Gasteiger partial charge in [-0.15, -0.1) is 0 Å². The number of amides is 2. The van der Waals surface area contributed by atoms with Gasteiger partial charge in [0.15, 0.2) is 11.6 Å². The number of hydrogen-bond acceptors (Lipinski definition) is 3. The highest BCUT2D eigenvalue weighted by Gasteiger charge is 2.17. The van der Waals surface area contributed by atoms with Crippen molar-refractivity contribution in [3.05, 3.63) is 58.9 Å². The minimum absolute atomic E-state index is 0.181. The summed E-state index contributed by atoms with van der Waals surface area (Å²) < 4.78 is 24.1. The molecule has 1 N–H and O–H groups in total. The second-order valence-corrected chi connectivity index (χ2v) is 6.24. The Hall–Kier alpha value is -2.76. The first-order valence-electron chi connectivity index (χ1n) is 8.34. The molecule has 140 valence electrons. The number of nitrogens with zero attached hydrogens (tertiary/aromatic N) is 1. The molecule has 2 aromatic carbocycles. The van der Waals surface area contributed by atoms with Crippen LogP contribution in [0.25, 0.3) is 0 Å². The Balaban J connectivity index is 2.04. The van der Waals surface area contributed by atoms with Crippen molar-refractivity contribution in [2.75, 3.05) is 21.3 Å². The van der Waals surface area contributed by atoms with Gasteiger partial charge in [0, 0.05) is 19.2 Å². The highest BCUT2D eigenvalue weighted by atomic mass is 19.1. The lowest BCUT2D eigenvalue weighted by atomic mass is 10.0. The number of halogens is 1. The molecular formula is C20H25FN2O3. The van der Waals surface area contributed by atoms with Gasteiger partial charge in [-0.05, 0) is 37.6 Å². The number of benzene rings is 2. The number of methoxy groups -OCH3 is 2. The maximum absolute atomic E-state index is 13.8. The van der Waals surface area contributed by atoms with Gasteiger partial charge >= 0.3 is 6.03 Å². The van der Waals surface area contributed by atoms with Crippen molar-refractivity contribution in [1.82, 2.24) is 10.2 Å². The van der Waals surface area contributed by atoms with E-state index in [-0.39, 0.29) is 24.4 Å². The molecule has 0 saturated carbocycles. The van der Waals surface area contributed by atoms with E-state index in [1.807, 2.05) is 32.0 Å². The van der Waals surface area contributed by atoms with Crippen molar-refractivity contribution in [2.45, 2.75) is 26.4 Å². The number of aryl methyl sites for hydroxylation is 1. The van der Waals surface area contributed by atoms with E-state index >= 15 is 0 Å². The van der Waals surface area contributed by atoms with E-state index in [0.717, 1.165) is 16.9 Å². The average Bonchev–Trinajstić information content (AvgIpc) is 2.61.